The quantitative estimate of drug-likeness (QED) is 0.822. The zero-order valence-corrected chi connectivity index (χ0v) is 11.6. The molecule has 1 unspecified atom stereocenters. The predicted octanol–water partition coefficient (Wildman–Crippen LogP) is 3.46. The van der Waals surface area contributed by atoms with Gasteiger partial charge < -0.3 is 10.4 Å². The average molecular weight is 262 g/mol. The molecule has 16 heavy (non-hydrogen) atoms. The second-order valence-corrected chi connectivity index (χ2v) is 6.05. The molecule has 0 radical (unpaired) electrons. The van der Waals surface area contributed by atoms with Gasteiger partial charge in [0.15, 0.2) is 0 Å². The Labute approximate surface area is 107 Å². The average Bonchev–Trinajstić information content (AvgIpc) is 2.66. The zero-order valence-electron chi connectivity index (χ0n) is 10.0. The van der Waals surface area contributed by atoms with Crippen molar-refractivity contribution in [2.75, 3.05) is 6.61 Å². The van der Waals surface area contributed by atoms with E-state index in [9.17, 15) is 5.11 Å². The Morgan fingerprint density at radius 1 is 1.44 bits per heavy atom. The molecule has 2 atom stereocenters. The van der Waals surface area contributed by atoms with E-state index in [0.29, 0.717) is 5.92 Å². The number of rotatable bonds is 6. The lowest BCUT2D eigenvalue weighted by molar-refractivity contribution is 0.198. The van der Waals surface area contributed by atoms with Crippen LogP contribution in [0.5, 0.6) is 0 Å². The summed E-state index contributed by atoms with van der Waals surface area (Å²) in [5.74, 6) is 0.425. The van der Waals surface area contributed by atoms with Crippen molar-refractivity contribution in [2.45, 2.75) is 39.3 Å². The summed E-state index contributed by atoms with van der Waals surface area (Å²) >= 11 is 7.54. The molecule has 0 spiro atoms. The van der Waals surface area contributed by atoms with Crippen LogP contribution in [0.1, 0.15) is 38.1 Å². The molecule has 1 heterocycles. The summed E-state index contributed by atoms with van der Waals surface area (Å²) < 4.78 is 0.820. The Balaban J connectivity index is 2.68. The molecule has 1 rings (SSSR count). The minimum absolute atomic E-state index is 0.144. The van der Waals surface area contributed by atoms with E-state index in [0.717, 1.165) is 10.8 Å². The fourth-order valence-electron chi connectivity index (χ4n) is 1.63. The van der Waals surface area contributed by atoms with Gasteiger partial charge in [-0.1, -0.05) is 32.4 Å². The molecule has 2 N–H and O–H groups in total. The summed E-state index contributed by atoms with van der Waals surface area (Å²) in [5, 5.41) is 12.8. The van der Waals surface area contributed by atoms with Gasteiger partial charge in [0.05, 0.1) is 10.9 Å². The molecule has 0 fully saturated rings. The maximum Gasteiger partial charge on any atom is 0.0931 e. The molecule has 0 bridgehead atoms. The lowest BCUT2D eigenvalue weighted by atomic mass is 10.0. The highest BCUT2D eigenvalue weighted by atomic mass is 35.5. The summed E-state index contributed by atoms with van der Waals surface area (Å²) in [6.07, 6.45) is 1.00. The Hall–Kier alpha value is -0.0900. The second kappa shape index (κ2) is 6.60. The van der Waals surface area contributed by atoms with Crippen LogP contribution in [0.15, 0.2) is 12.1 Å². The van der Waals surface area contributed by atoms with Crippen LogP contribution in [0.2, 0.25) is 4.34 Å². The van der Waals surface area contributed by atoms with E-state index in [2.05, 4.69) is 32.2 Å². The van der Waals surface area contributed by atoms with Crippen LogP contribution < -0.4 is 5.32 Å². The number of aliphatic hydroxyl groups excluding tert-OH is 1. The number of hydrogen-bond acceptors (Lipinski definition) is 3. The van der Waals surface area contributed by atoms with Gasteiger partial charge in [0.25, 0.3) is 0 Å². The van der Waals surface area contributed by atoms with Crippen molar-refractivity contribution in [1.29, 1.82) is 0 Å². The van der Waals surface area contributed by atoms with E-state index >= 15 is 0 Å². The van der Waals surface area contributed by atoms with Gasteiger partial charge in [0.1, 0.15) is 0 Å². The van der Waals surface area contributed by atoms with Gasteiger partial charge in [-0.2, -0.15) is 0 Å². The van der Waals surface area contributed by atoms with Crippen LogP contribution in [-0.2, 0) is 0 Å². The van der Waals surface area contributed by atoms with E-state index in [-0.39, 0.29) is 18.7 Å². The summed E-state index contributed by atoms with van der Waals surface area (Å²) in [4.78, 5) is 1.24. The monoisotopic (exact) mass is 261 g/mol. The van der Waals surface area contributed by atoms with Crippen LogP contribution in [-0.4, -0.2) is 17.8 Å². The summed E-state index contributed by atoms with van der Waals surface area (Å²) in [6, 6.07) is 4.42. The van der Waals surface area contributed by atoms with Crippen LogP contribution >= 0.6 is 22.9 Å². The first kappa shape index (κ1) is 14.0. The number of halogens is 1. The van der Waals surface area contributed by atoms with E-state index in [1.807, 2.05) is 6.07 Å². The van der Waals surface area contributed by atoms with Crippen molar-refractivity contribution >= 4 is 22.9 Å². The van der Waals surface area contributed by atoms with Gasteiger partial charge in [-0.25, -0.2) is 0 Å². The number of thiophene rings is 1. The molecule has 0 aromatic carbocycles. The van der Waals surface area contributed by atoms with Crippen molar-refractivity contribution in [1.82, 2.24) is 5.32 Å². The molecular formula is C12H20ClNOS. The molecule has 0 saturated heterocycles. The van der Waals surface area contributed by atoms with E-state index in [4.69, 9.17) is 11.6 Å². The minimum atomic E-state index is 0.144. The SMILES string of the molecule is CCC(N[C@H](CO)C(C)C)c1ccc(Cl)s1. The standard InChI is InChI=1S/C12H20ClNOS/c1-4-9(11-5-6-12(13)16-11)14-10(7-15)8(2)3/h5-6,8-10,14-15H,4,7H2,1-3H3/t9?,10-/m1/s1. The number of nitrogens with one attached hydrogen (secondary N) is 1. The fraction of sp³-hybridized carbons (Fsp3) is 0.667. The highest BCUT2D eigenvalue weighted by Crippen LogP contribution is 2.29. The Kier molecular flexibility index (Phi) is 5.76. The lowest BCUT2D eigenvalue weighted by Gasteiger charge is -2.25. The lowest BCUT2D eigenvalue weighted by Crippen LogP contribution is -2.39. The van der Waals surface area contributed by atoms with Crippen LogP contribution in [0.3, 0.4) is 0 Å². The minimum Gasteiger partial charge on any atom is -0.395 e. The largest absolute Gasteiger partial charge is 0.395 e. The topological polar surface area (TPSA) is 32.3 Å². The first-order valence-corrected chi connectivity index (χ1v) is 6.90. The summed E-state index contributed by atoms with van der Waals surface area (Å²) in [6.45, 7) is 6.54. The third kappa shape index (κ3) is 3.74. The van der Waals surface area contributed by atoms with Gasteiger partial charge >= 0.3 is 0 Å². The molecule has 0 aliphatic heterocycles. The normalized spacial score (nSPS) is 15.4. The first-order valence-electron chi connectivity index (χ1n) is 5.70. The Morgan fingerprint density at radius 2 is 2.12 bits per heavy atom. The van der Waals surface area contributed by atoms with Gasteiger partial charge in [0.2, 0.25) is 0 Å². The molecule has 0 aliphatic rings. The van der Waals surface area contributed by atoms with Crippen LogP contribution in [0.4, 0.5) is 0 Å². The second-order valence-electron chi connectivity index (χ2n) is 4.30. The van der Waals surface area contributed by atoms with Crippen molar-refractivity contribution in [2.24, 2.45) is 5.92 Å². The summed E-state index contributed by atoms with van der Waals surface area (Å²) in [7, 11) is 0. The molecule has 0 aliphatic carbocycles. The van der Waals surface area contributed by atoms with Crippen molar-refractivity contribution < 1.29 is 5.11 Å². The zero-order chi connectivity index (χ0) is 12.1. The van der Waals surface area contributed by atoms with Crippen LogP contribution in [0.25, 0.3) is 0 Å². The third-order valence-electron chi connectivity index (χ3n) is 2.76. The molecule has 0 amide bonds. The Bertz CT molecular complexity index is 314. The maximum atomic E-state index is 9.31. The van der Waals surface area contributed by atoms with Gasteiger partial charge in [-0.3, -0.25) is 0 Å². The highest BCUT2D eigenvalue weighted by Gasteiger charge is 2.18. The van der Waals surface area contributed by atoms with E-state index in [1.54, 1.807) is 11.3 Å². The molecule has 1 aromatic rings. The maximum absolute atomic E-state index is 9.31. The molecule has 0 saturated carbocycles. The molecule has 2 nitrogen and oxygen atoms in total. The fourth-order valence-corrected chi connectivity index (χ4v) is 2.84. The summed E-state index contributed by atoms with van der Waals surface area (Å²) in [5.41, 5.74) is 0. The molecule has 4 heteroatoms. The van der Waals surface area contributed by atoms with Crippen molar-refractivity contribution in [3.8, 4) is 0 Å². The molecule has 1 aromatic heterocycles. The van der Waals surface area contributed by atoms with Crippen molar-refractivity contribution in [3.05, 3.63) is 21.3 Å². The first-order chi connectivity index (χ1) is 7.58. The van der Waals surface area contributed by atoms with E-state index in [1.165, 1.54) is 4.88 Å². The smallest absolute Gasteiger partial charge is 0.0931 e. The Morgan fingerprint density at radius 3 is 2.50 bits per heavy atom. The van der Waals surface area contributed by atoms with Gasteiger partial charge in [-0.15, -0.1) is 11.3 Å². The number of hydrogen-bond donors (Lipinski definition) is 2. The third-order valence-corrected chi connectivity index (χ3v) is 4.11. The van der Waals surface area contributed by atoms with Crippen LogP contribution in [0, 0.1) is 5.92 Å². The van der Waals surface area contributed by atoms with E-state index < -0.39 is 0 Å². The number of aliphatic hydroxyl groups is 1. The van der Waals surface area contributed by atoms with Gasteiger partial charge in [-0.05, 0) is 24.5 Å². The molecular weight excluding hydrogens is 242 g/mol. The predicted molar refractivity (Wildman–Crippen MR) is 71.2 cm³/mol. The van der Waals surface area contributed by atoms with Gasteiger partial charge in [0, 0.05) is 17.0 Å². The highest BCUT2D eigenvalue weighted by molar-refractivity contribution is 7.16. The molecule has 92 valence electrons. The van der Waals surface area contributed by atoms with Crippen molar-refractivity contribution in [3.63, 3.8) is 0 Å².